The van der Waals surface area contributed by atoms with E-state index in [4.69, 9.17) is 4.74 Å². The smallest absolute Gasteiger partial charge is 0.458 e. The molecule has 1 saturated heterocycles. The van der Waals surface area contributed by atoms with Crippen molar-refractivity contribution >= 4 is 27.2 Å². The van der Waals surface area contributed by atoms with Gasteiger partial charge < -0.3 is 9.64 Å². The quantitative estimate of drug-likeness (QED) is 0.455. The molecule has 2 heterocycles. The zero-order valence-corrected chi connectivity index (χ0v) is 16.3. The SMILES string of the molecule is [O]c1nc2c(N3CCC(Oc4ccccc4C(F)(F)C(F)(F)F)CC3)cccc2s1. The molecule has 1 radical (unpaired) electrons. The Hall–Kier alpha value is -2.62. The number of hydrogen-bond donors (Lipinski definition) is 0. The number of piperidine rings is 1. The third-order valence-electron chi connectivity index (χ3n) is 5.04. The number of fused-ring (bicyclic) bond motifs is 1. The molecule has 10 heteroatoms. The van der Waals surface area contributed by atoms with Gasteiger partial charge in [0.1, 0.15) is 17.4 Å². The average Bonchev–Trinajstić information content (AvgIpc) is 3.08. The first-order chi connectivity index (χ1) is 14.2. The fraction of sp³-hybridized carbons (Fsp3) is 0.350. The van der Waals surface area contributed by atoms with E-state index in [1.54, 1.807) is 0 Å². The Balaban J connectivity index is 1.49. The van der Waals surface area contributed by atoms with E-state index in [2.05, 4.69) is 4.98 Å². The summed E-state index contributed by atoms with van der Waals surface area (Å²) in [5.74, 6) is -5.46. The van der Waals surface area contributed by atoms with Gasteiger partial charge in [-0.15, -0.1) is 0 Å². The van der Waals surface area contributed by atoms with Crippen LogP contribution in [0, 0.1) is 0 Å². The second kappa shape index (κ2) is 7.57. The number of alkyl halides is 5. The number of thiazole rings is 1. The summed E-state index contributed by atoms with van der Waals surface area (Å²) in [7, 11) is 0. The summed E-state index contributed by atoms with van der Waals surface area (Å²) < 4.78 is 72.5. The monoisotopic (exact) mass is 443 g/mol. The lowest BCUT2D eigenvalue weighted by Crippen LogP contribution is -2.39. The molecule has 2 aromatic carbocycles. The predicted octanol–water partition coefficient (Wildman–Crippen LogP) is 6.14. The number of benzene rings is 2. The molecule has 0 atom stereocenters. The number of ether oxygens (including phenoxy) is 1. The average molecular weight is 443 g/mol. The van der Waals surface area contributed by atoms with Gasteiger partial charge in [-0.25, -0.2) is 0 Å². The van der Waals surface area contributed by atoms with E-state index in [9.17, 15) is 27.1 Å². The summed E-state index contributed by atoms with van der Waals surface area (Å²) in [6.07, 6.45) is -5.35. The molecule has 30 heavy (non-hydrogen) atoms. The molecule has 1 fully saturated rings. The molecule has 1 aliphatic rings. The lowest BCUT2D eigenvalue weighted by Gasteiger charge is -2.34. The summed E-state index contributed by atoms with van der Waals surface area (Å²) in [4.78, 5) is 6.05. The minimum atomic E-state index is -5.71. The molecule has 0 bridgehead atoms. The van der Waals surface area contributed by atoms with E-state index in [0.29, 0.717) is 31.4 Å². The Bertz CT molecular complexity index is 1050. The maximum atomic E-state index is 13.9. The minimum absolute atomic E-state index is 0.280. The molecule has 159 valence electrons. The predicted molar refractivity (Wildman–Crippen MR) is 102 cm³/mol. The van der Waals surface area contributed by atoms with Crippen LogP contribution >= 0.6 is 11.3 Å². The van der Waals surface area contributed by atoms with E-state index in [1.165, 1.54) is 6.07 Å². The molecule has 0 amide bonds. The number of rotatable bonds is 4. The molecule has 0 N–H and O–H groups in total. The van der Waals surface area contributed by atoms with Crippen LogP contribution in [0.1, 0.15) is 18.4 Å². The first kappa shape index (κ1) is 20.6. The van der Waals surface area contributed by atoms with Crippen LogP contribution < -0.4 is 9.64 Å². The lowest BCUT2D eigenvalue weighted by molar-refractivity contribution is -0.289. The van der Waals surface area contributed by atoms with Gasteiger partial charge in [0.05, 0.1) is 16.0 Å². The van der Waals surface area contributed by atoms with E-state index >= 15 is 0 Å². The largest absolute Gasteiger partial charge is 0.490 e. The molecule has 0 spiro atoms. The first-order valence-corrected chi connectivity index (χ1v) is 10.0. The van der Waals surface area contributed by atoms with Crippen molar-refractivity contribution in [2.24, 2.45) is 0 Å². The first-order valence-electron chi connectivity index (χ1n) is 9.19. The zero-order valence-electron chi connectivity index (χ0n) is 15.5. The number of anilines is 1. The Morgan fingerprint density at radius 1 is 1.00 bits per heavy atom. The normalized spacial score (nSPS) is 16.2. The second-order valence-corrected chi connectivity index (χ2v) is 7.97. The highest BCUT2D eigenvalue weighted by atomic mass is 32.1. The van der Waals surface area contributed by atoms with Crippen LogP contribution in [-0.2, 0) is 11.0 Å². The Kier molecular flexibility index (Phi) is 5.21. The Labute approximate surface area is 172 Å². The second-order valence-electron chi connectivity index (χ2n) is 6.98. The third kappa shape index (κ3) is 3.76. The molecular formula is C20H16F5N2O2S. The molecule has 4 nitrogen and oxygen atoms in total. The maximum absolute atomic E-state index is 13.9. The van der Waals surface area contributed by atoms with Gasteiger partial charge in [-0.05, 0) is 24.3 Å². The van der Waals surface area contributed by atoms with Crippen molar-refractivity contribution in [2.75, 3.05) is 18.0 Å². The van der Waals surface area contributed by atoms with Crippen molar-refractivity contribution in [3.8, 4) is 10.9 Å². The van der Waals surface area contributed by atoms with E-state index in [-0.39, 0.29) is 5.19 Å². The van der Waals surface area contributed by atoms with Gasteiger partial charge in [0.2, 0.25) is 0 Å². The van der Waals surface area contributed by atoms with E-state index in [0.717, 1.165) is 39.9 Å². The summed E-state index contributed by atoms with van der Waals surface area (Å²) in [5.41, 5.74) is 0.227. The van der Waals surface area contributed by atoms with Crippen LogP contribution in [0.15, 0.2) is 42.5 Å². The van der Waals surface area contributed by atoms with E-state index in [1.807, 2.05) is 23.1 Å². The molecule has 4 rings (SSSR count). The minimum Gasteiger partial charge on any atom is -0.490 e. The van der Waals surface area contributed by atoms with Crippen molar-refractivity contribution in [1.29, 1.82) is 0 Å². The molecular weight excluding hydrogens is 427 g/mol. The van der Waals surface area contributed by atoms with E-state index < -0.39 is 29.5 Å². The van der Waals surface area contributed by atoms with Crippen LogP contribution in [0.3, 0.4) is 0 Å². The van der Waals surface area contributed by atoms with Gasteiger partial charge in [-0.2, -0.15) is 26.9 Å². The van der Waals surface area contributed by atoms with Gasteiger partial charge >= 0.3 is 17.3 Å². The van der Waals surface area contributed by atoms with Crippen molar-refractivity contribution < 1.29 is 31.8 Å². The van der Waals surface area contributed by atoms with Crippen molar-refractivity contribution in [3.05, 3.63) is 48.0 Å². The standard InChI is InChI=1S/C20H16F5N2O2S/c21-19(22,20(23,24)25)13-4-1-2-6-15(13)29-12-8-10-27(11-9-12)14-5-3-7-16-17(14)26-18(28)30-16/h1-7,12H,8-11H2. The highest BCUT2D eigenvalue weighted by molar-refractivity contribution is 7.20. The Morgan fingerprint density at radius 3 is 2.40 bits per heavy atom. The fourth-order valence-electron chi connectivity index (χ4n) is 3.54. The fourth-order valence-corrected chi connectivity index (χ4v) is 4.26. The molecule has 0 saturated carbocycles. The van der Waals surface area contributed by atoms with Crippen molar-refractivity contribution in [2.45, 2.75) is 31.0 Å². The van der Waals surface area contributed by atoms with Gasteiger partial charge in [0, 0.05) is 25.9 Å². The van der Waals surface area contributed by atoms with Crippen LogP contribution in [0.2, 0.25) is 0 Å². The topological polar surface area (TPSA) is 45.3 Å². The van der Waals surface area contributed by atoms with Gasteiger partial charge in [-0.3, -0.25) is 5.11 Å². The molecule has 1 aliphatic heterocycles. The van der Waals surface area contributed by atoms with Crippen LogP contribution in [0.25, 0.3) is 10.2 Å². The maximum Gasteiger partial charge on any atom is 0.458 e. The summed E-state index contributed by atoms with van der Waals surface area (Å²) in [6, 6.07) is 9.85. The highest BCUT2D eigenvalue weighted by Gasteiger charge is 2.60. The summed E-state index contributed by atoms with van der Waals surface area (Å²) in [5, 5.41) is 11.3. The van der Waals surface area contributed by atoms with Gasteiger partial charge in [-0.1, -0.05) is 29.5 Å². The molecule has 1 aromatic heterocycles. The molecule has 3 aromatic rings. The van der Waals surface area contributed by atoms with Crippen molar-refractivity contribution in [3.63, 3.8) is 0 Å². The van der Waals surface area contributed by atoms with Crippen molar-refractivity contribution in [1.82, 2.24) is 4.98 Å². The number of halogens is 5. The zero-order chi connectivity index (χ0) is 21.5. The summed E-state index contributed by atoms with van der Waals surface area (Å²) >= 11 is 1.06. The van der Waals surface area contributed by atoms with Crippen LogP contribution in [0.5, 0.6) is 10.9 Å². The number of nitrogens with zero attached hydrogens (tertiary/aromatic N) is 2. The molecule has 0 aliphatic carbocycles. The van der Waals surface area contributed by atoms with Gasteiger partial charge in [0.25, 0.3) is 0 Å². The van der Waals surface area contributed by atoms with Crippen LogP contribution in [0.4, 0.5) is 27.6 Å². The van der Waals surface area contributed by atoms with Gasteiger partial charge in [0.15, 0.2) is 0 Å². The number of aromatic nitrogens is 1. The molecule has 0 unspecified atom stereocenters. The van der Waals surface area contributed by atoms with Crippen LogP contribution in [-0.4, -0.2) is 30.4 Å². The highest BCUT2D eigenvalue weighted by Crippen LogP contribution is 2.47. The number of para-hydroxylation sites is 2. The third-order valence-corrected chi connectivity index (χ3v) is 5.85. The number of hydrogen-bond acceptors (Lipinski definition) is 4. The summed E-state index contributed by atoms with van der Waals surface area (Å²) in [6.45, 7) is 0.987. The lowest BCUT2D eigenvalue weighted by atomic mass is 10.0. The Morgan fingerprint density at radius 2 is 1.70 bits per heavy atom.